The molecule has 0 bridgehead atoms. The molecule has 78 valence electrons. The number of rotatable bonds is 4. The molecular weight excluding hydrogens is 176 g/mol. The molecule has 1 saturated carbocycles. The molecule has 4 heteroatoms. The van der Waals surface area contributed by atoms with Gasteiger partial charge in [0.25, 0.3) is 0 Å². The van der Waals surface area contributed by atoms with Crippen LogP contribution in [0.15, 0.2) is 0 Å². The van der Waals surface area contributed by atoms with Gasteiger partial charge in [-0.25, -0.2) is 4.68 Å². The van der Waals surface area contributed by atoms with Gasteiger partial charge in [-0.1, -0.05) is 19.1 Å². The van der Waals surface area contributed by atoms with E-state index in [2.05, 4.69) is 28.8 Å². The average Bonchev–Trinajstić information content (AvgIpc) is 2.77. The number of nitrogens with zero attached hydrogens (tertiary/aromatic N) is 3. The lowest BCUT2D eigenvalue weighted by Gasteiger charge is -2.03. The van der Waals surface area contributed by atoms with Crippen LogP contribution in [0.25, 0.3) is 0 Å². The maximum atomic E-state index is 5.54. The standard InChI is InChI=1S/C10H18N4/c1-3-9-8(4-5-11)12-13-14(9)10-6-7(10)2/h7,10H,3-6,11H2,1-2H3. The van der Waals surface area contributed by atoms with Crippen LogP contribution >= 0.6 is 0 Å². The van der Waals surface area contributed by atoms with Crippen LogP contribution in [0.4, 0.5) is 0 Å². The van der Waals surface area contributed by atoms with E-state index in [1.165, 1.54) is 12.1 Å². The van der Waals surface area contributed by atoms with Crippen LogP contribution in [0.5, 0.6) is 0 Å². The van der Waals surface area contributed by atoms with Gasteiger partial charge in [-0.2, -0.15) is 0 Å². The van der Waals surface area contributed by atoms with Crippen molar-refractivity contribution in [3.8, 4) is 0 Å². The van der Waals surface area contributed by atoms with Crippen LogP contribution in [-0.4, -0.2) is 21.5 Å². The van der Waals surface area contributed by atoms with Gasteiger partial charge in [0.15, 0.2) is 0 Å². The largest absolute Gasteiger partial charge is 0.330 e. The van der Waals surface area contributed by atoms with Gasteiger partial charge in [0.1, 0.15) is 0 Å². The van der Waals surface area contributed by atoms with Gasteiger partial charge in [0, 0.05) is 6.42 Å². The van der Waals surface area contributed by atoms with Gasteiger partial charge in [-0.05, 0) is 25.3 Å². The van der Waals surface area contributed by atoms with Crippen LogP contribution < -0.4 is 5.73 Å². The van der Waals surface area contributed by atoms with Crippen molar-refractivity contribution in [3.63, 3.8) is 0 Å². The fourth-order valence-electron chi connectivity index (χ4n) is 1.95. The van der Waals surface area contributed by atoms with E-state index in [1.54, 1.807) is 0 Å². The highest BCUT2D eigenvalue weighted by Crippen LogP contribution is 2.42. The molecule has 1 aromatic rings. The van der Waals surface area contributed by atoms with E-state index >= 15 is 0 Å². The van der Waals surface area contributed by atoms with E-state index < -0.39 is 0 Å². The van der Waals surface area contributed by atoms with E-state index in [0.717, 1.165) is 24.5 Å². The molecule has 0 spiro atoms. The predicted molar refractivity (Wildman–Crippen MR) is 55.0 cm³/mol. The lowest BCUT2D eigenvalue weighted by molar-refractivity contribution is 0.557. The Hall–Kier alpha value is -0.900. The smallest absolute Gasteiger partial charge is 0.0871 e. The van der Waals surface area contributed by atoms with Crippen LogP contribution in [0.3, 0.4) is 0 Å². The van der Waals surface area contributed by atoms with E-state index in [0.29, 0.717) is 12.6 Å². The van der Waals surface area contributed by atoms with Gasteiger partial charge in [0.05, 0.1) is 17.4 Å². The van der Waals surface area contributed by atoms with Crippen molar-refractivity contribution < 1.29 is 0 Å². The predicted octanol–water partition coefficient (Wildman–Crippen LogP) is 0.923. The van der Waals surface area contributed by atoms with Gasteiger partial charge >= 0.3 is 0 Å². The Bertz CT molecular complexity index is 318. The maximum Gasteiger partial charge on any atom is 0.0871 e. The van der Waals surface area contributed by atoms with Crippen LogP contribution in [0.2, 0.25) is 0 Å². The fourth-order valence-corrected chi connectivity index (χ4v) is 1.95. The SMILES string of the molecule is CCc1c(CCN)nnn1C1CC1C. The lowest BCUT2D eigenvalue weighted by Crippen LogP contribution is -2.07. The minimum absolute atomic E-state index is 0.601. The molecular formula is C10H18N4. The first-order chi connectivity index (χ1) is 6.77. The first-order valence-electron chi connectivity index (χ1n) is 5.41. The molecule has 4 nitrogen and oxygen atoms in total. The van der Waals surface area contributed by atoms with Crippen LogP contribution in [0.1, 0.15) is 37.7 Å². The van der Waals surface area contributed by atoms with Crippen molar-refractivity contribution >= 4 is 0 Å². The summed E-state index contributed by atoms with van der Waals surface area (Å²) in [4.78, 5) is 0. The second kappa shape index (κ2) is 3.69. The highest BCUT2D eigenvalue weighted by Gasteiger charge is 2.37. The first-order valence-corrected chi connectivity index (χ1v) is 5.41. The molecule has 0 amide bonds. The summed E-state index contributed by atoms with van der Waals surface area (Å²) in [6.07, 6.45) is 3.11. The van der Waals surface area contributed by atoms with Crippen LogP contribution in [0, 0.1) is 5.92 Å². The van der Waals surface area contributed by atoms with Crippen molar-refractivity contribution in [1.82, 2.24) is 15.0 Å². The molecule has 0 radical (unpaired) electrons. The summed E-state index contributed by atoms with van der Waals surface area (Å²) in [5.41, 5.74) is 7.91. The number of nitrogens with two attached hydrogens (primary N) is 1. The minimum atomic E-state index is 0.601. The normalized spacial score (nSPS) is 25.4. The highest BCUT2D eigenvalue weighted by atomic mass is 15.5. The molecule has 0 aliphatic heterocycles. The Balaban J connectivity index is 2.23. The lowest BCUT2D eigenvalue weighted by atomic mass is 10.2. The third kappa shape index (κ3) is 1.54. The molecule has 2 N–H and O–H groups in total. The van der Waals surface area contributed by atoms with E-state index in [9.17, 15) is 0 Å². The zero-order valence-electron chi connectivity index (χ0n) is 8.90. The first kappa shape index (κ1) is 9.65. The van der Waals surface area contributed by atoms with E-state index in [-0.39, 0.29) is 0 Å². The Kier molecular flexibility index (Phi) is 2.54. The third-order valence-corrected chi connectivity index (χ3v) is 2.97. The van der Waals surface area contributed by atoms with E-state index in [1.807, 2.05) is 0 Å². The van der Waals surface area contributed by atoms with Crippen molar-refractivity contribution in [2.45, 2.75) is 39.2 Å². The molecule has 1 heterocycles. The zero-order chi connectivity index (χ0) is 10.1. The van der Waals surface area contributed by atoms with Gasteiger partial charge in [0.2, 0.25) is 0 Å². The van der Waals surface area contributed by atoms with Gasteiger partial charge < -0.3 is 5.73 Å². The molecule has 1 aromatic heterocycles. The van der Waals surface area contributed by atoms with Crippen molar-refractivity contribution in [1.29, 1.82) is 0 Å². The summed E-state index contributed by atoms with van der Waals surface area (Å²) >= 11 is 0. The quantitative estimate of drug-likeness (QED) is 0.775. The van der Waals surface area contributed by atoms with Gasteiger partial charge in [-0.3, -0.25) is 0 Å². The maximum absolute atomic E-state index is 5.54. The molecule has 2 unspecified atom stereocenters. The zero-order valence-corrected chi connectivity index (χ0v) is 8.90. The molecule has 2 atom stereocenters. The van der Waals surface area contributed by atoms with E-state index in [4.69, 9.17) is 5.73 Å². The number of hydrogen-bond donors (Lipinski definition) is 1. The molecule has 1 fully saturated rings. The molecule has 0 saturated heterocycles. The second-order valence-corrected chi connectivity index (χ2v) is 4.10. The Labute approximate surface area is 84.5 Å². The summed E-state index contributed by atoms with van der Waals surface area (Å²) in [7, 11) is 0. The Morgan fingerprint density at radius 2 is 2.29 bits per heavy atom. The summed E-state index contributed by atoms with van der Waals surface area (Å²) in [6, 6.07) is 0.601. The second-order valence-electron chi connectivity index (χ2n) is 4.10. The topological polar surface area (TPSA) is 56.7 Å². The fraction of sp³-hybridized carbons (Fsp3) is 0.800. The third-order valence-electron chi connectivity index (χ3n) is 2.97. The molecule has 1 aliphatic carbocycles. The summed E-state index contributed by atoms with van der Waals surface area (Å²) in [5.74, 6) is 0.771. The summed E-state index contributed by atoms with van der Waals surface area (Å²) < 4.78 is 2.11. The van der Waals surface area contributed by atoms with Gasteiger partial charge in [-0.15, -0.1) is 5.10 Å². The molecule has 0 aromatic carbocycles. The minimum Gasteiger partial charge on any atom is -0.330 e. The summed E-state index contributed by atoms with van der Waals surface area (Å²) in [6.45, 7) is 5.07. The number of aromatic nitrogens is 3. The van der Waals surface area contributed by atoms with Crippen LogP contribution in [-0.2, 0) is 12.8 Å². The Morgan fingerprint density at radius 3 is 2.79 bits per heavy atom. The van der Waals surface area contributed by atoms with Crippen molar-refractivity contribution in [2.75, 3.05) is 6.54 Å². The Morgan fingerprint density at radius 1 is 1.57 bits per heavy atom. The highest BCUT2D eigenvalue weighted by molar-refractivity contribution is 5.13. The monoisotopic (exact) mass is 194 g/mol. The molecule has 1 aliphatic rings. The molecule has 14 heavy (non-hydrogen) atoms. The number of hydrogen-bond acceptors (Lipinski definition) is 3. The summed E-state index contributed by atoms with van der Waals surface area (Å²) in [5, 5.41) is 8.43. The van der Waals surface area contributed by atoms with Crippen molar-refractivity contribution in [3.05, 3.63) is 11.4 Å². The average molecular weight is 194 g/mol. The molecule has 2 rings (SSSR count). The van der Waals surface area contributed by atoms with Crippen molar-refractivity contribution in [2.24, 2.45) is 11.7 Å².